The summed E-state index contributed by atoms with van der Waals surface area (Å²) in [6.07, 6.45) is 0. The number of nitro groups is 3. The Kier molecular flexibility index (Phi) is 5.64. The molecule has 0 radical (unpaired) electrons. The zero-order valence-electron chi connectivity index (χ0n) is 16.0. The Morgan fingerprint density at radius 1 is 0.818 bits per heavy atom. The summed E-state index contributed by atoms with van der Waals surface area (Å²) in [5, 5.41) is 56.3. The van der Waals surface area contributed by atoms with Gasteiger partial charge in [0.25, 0.3) is 17.1 Å². The van der Waals surface area contributed by atoms with E-state index in [4.69, 9.17) is 0 Å². The Morgan fingerprint density at radius 2 is 1.45 bits per heavy atom. The topological polar surface area (TPSA) is 217 Å². The lowest BCUT2D eigenvalue weighted by molar-refractivity contribution is -0.394. The maximum absolute atomic E-state index is 11.1. The van der Waals surface area contributed by atoms with Crippen molar-refractivity contribution in [3.8, 4) is 17.1 Å². The minimum atomic E-state index is -0.755. The van der Waals surface area contributed by atoms with Gasteiger partial charge >= 0.3 is 0 Å². The third-order valence-corrected chi connectivity index (χ3v) is 4.96. The molecule has 4 rings (SSSR count). The van der Waals surface area contributed by atoms with Crippen molar-refractivity contribution in [1.29, 1.82) is 0 Å². The number of hydrogen-bond donors (Lipinski definition) is 0. The standard InChI is InChI=1S/C15H9N11O6S/c27-24(28)11-3-1-10(2-4-11)23-15(17-19-21-23)33-8-22-18-14(16-20-22)9-5-12(25(29)30)7-13(6-9)26(31)32/h1-7H,8H2. The second kappa shape index (κ2) is 8.70. The molecule has 0 aliphatic carbocycles. The van der Waals surface area contributed by atoms with E-state index in [2.05, 4.69) is 30.9 Å². The van der Waals surface area contributed by atoms with Crippen LogP contribution in [0, 0.1) is 30.3 Å². The van der Waals surface area contributed by atoms with Gasteiger partial charge < -0.3 is 0 Å². The van der Waals surface area contributed by atoms with Crippen molar-refractivity contribution < 1.29 is 14.8 Å². The van der Waals surface area contributed by atoms with E-state index in [0.29, 0.717) is 10.8 Å². The monoisotopic (exact) mass is 471 g/mol. The van der Waals surface area contributed by atoms with Crippen LogP contribution in [0.25, 0.3) is 17.1 Å². The van der Waals surface area contributed by atoms with Crippen LogP contribution in [0.2, 0.25) is 0 Å². The molecule has 0 aliphatic heterocycles. The molecule has 0 aliphatic rings. The van der Waals surface area contributed by atoms with Gasteiger partial charge in [0.1, 0.15) is 5.88 Å². The molecule has 4 aromatic rings. The van der Waals surface area contributed by atoms with Gasteiger partial charge in [0.15, 0.2) is 0 Å². The van der Waals surface area contributed by atoms with Crippen LogP contribution in [-0.2, 0) is 5.88 Å². The Balaban J connectivity index is 1.52. The maximum Gasteiger partial charge on any atom is 0.277 e. The van der Waals surface area contributed by atoms with Gasteiger partial charge in [-0.15, -0.1) is 15.3 Å². The molecule has 166 valence electrons. The van der Waals surface area contributed by atoms with Gasteiger partial charge in [0.2, 0.25) is 11.0 Å². The Labute approximate surface area is 185 Å². The Hall–Kier alpha value is -4.87. The van der Waals surface area contributed by atoms with Crippen molar-refractivity contribution in [3.05, 3.63) is 72.8 Å². The van der Waals surface area contributed by atoms with Gasteiger partial charge in [-0.1, -0.05) is 11.8 Å². The van der Waals surface area contributed by atoms with Crippen molar-refractivity contribution in [1.82, 2.24) is 40.4 Å². The predicted octanol–water partition coefficient (Wildman–Crippen LogP) is 1.79. The van der Waals surface area contributed by atoms with Crippen molar-refractivity contribution in [2.75, 3.05) is 0 Å². The Morgan fingerprint density at radius 3 is 2.06 bits per heavy atom. The van der Waals surface area contributed by atoms with E-state index in [1.165, 1.54) is 28.9 Å². The number of hydrogen-bond acceptors (Lipinski definition) is 13. The first-order valence-corrected chi connectivity index (χ1v) is 9.68. The molecule has 2 aromatic heterocycles. The molecule has 0 atom stereocenters. The summed E-state index contributed by atoms with van der Waals surface area (Å²) >= 11 is 1.11. The van der Waals surface area contributed by atoms with Gasteiger partial charge in [-0.3, -0.25) is 30.3 Å². The third kappa shape index (κ3) is 4.58. The quantitative estimate of drug-likeness (QED) is 0.203. The second-order valence-corrected chi connectivity index (χ2v) is 7.07. The number of thioether (sulfide) groups is 1. The minimum Gasteiger partial charge on any atom is -0.258 e. The SMILES string of the molecule is O=[N+]([O-])c1ccc(-n2nnnc2SCn2nnc(-c3cc([N+](=O)[O-])cc([N+](=O)[O-])c3)n2)cc1. The molecule has 2 aromatic carbocycles. The lowest BCUT2D eigenvalue weighted by Gasteiger charge is -2.03. The van der Waals surface area contributed by atoms with Gasteiger partial charge in [-0.05, 0) is 27.8 Å². The number of nitro benzene ring substituents is 3. The molecule has 0 bridgehead atoms. The first-order chi connectivity index (χ1) is 15.8. The molecular weight excluding hydrogens is 462 g/mol. The molecule has 0 saturated carbocycles. The summed E-state index contributed by atoms with van der Waals surface area (Å²) in [5.41, 5.74) is -0.492. The van der Waals surface area contributed by atoms with E-state index in [0.717, 1.165) is 34.8 Å². The fraction of sp³-hybridized carbons (Fsp3) is 0.0667. The first-order valence-electron chi connectivity index (χ1n) is 8.70. The van der Waals surface area contributed by atoms with Gasteiger partial charge in [-0.25, -0.2) is 0 Å². The summed E-state index contributed by atoms with van der Waals surface area (Å²) in [6, 6.07) is 8.65. The fourth-order valence-corrected chi connectivity index (χ4v) is 3.31. The van der Waals surface area contributed by atoms with Crippen molar-refractivity contribution in [3.63, 3.8) is 0 Å². The molecule has 2 heterocycles. The highest BCUT2D eigenvalue weighted by molar-refractivity contribution is 7.98. The minimum absolute atomic E-state index is 0.0441. The highest BCUT2D eigenvalue weighted by Gasteiger charge is 2.20. The molecule has 0 N–H and O–H groups in total. The van der Waals surface area contributed by atoms with Gasteiger partial charge in [-0.2, -0.15) is 9.48 Å². The smallest absolute Gasteiger partial charge is 0.258 e. The third-order valence-electron chi connectivity index (χ3n) is 4.09. The number of rotatable bonds is 8. The van der Waals surface area contributed by atoms with Crippen LogP contribution in [0.15, 0.2) is 47.6 Å². The van der Waals surface area contributed by atoms with E-state index < -0.39 is 26.1 Å². The van der Waals surface area contributed by atoms with Crippen LogP contribution in [0.1, 0.15) is 0 Å². The number of nitrogens with zero attached hydrogens (tertiary/aromatic N) is 11. The second-order valence-electron chi connectivity index (χ2n) is 6.16. The van der Waals surface area contributed by atoms with Crippen LogP contribution < -0.4 is 0 Å². The zero-order chi connectivity index (χ0) is 23.5. The van der Waals surface area contributed by atoms with E-state index in [9.17, 15) is 30.3 Å². The average Bonchev–Trinajstić information content (AvgIpc) is 3.47. The summed E-state index contributed by atoms with van der Waals surface area (Å²) < 4.78 is 1.36. The van der Waals surface area contributed by atoms with E-state index in [-0.39, 0.29) is 23.0 Å². The number of benzene rings is 2. The highest BCUT2D eigenvalue weighted by Crippen LogP contribution is 2.28. The maximum atomic E-state index is 11.1. The zero-order valence-corrected chi connectivity index (χ0v) is 16.8. The summed E-state index contributed by atoms with van der Waals surface area (Å²) in [7, 11) is 0. The summed E-state index contributed by atoms with van der Waals surface area (Å²) in [5.74, 6) is 0.0366. The molecule has 17 nitrogen and oxygen atoms in total. The van der Waals surface area contributed by atoms with E-state index >= 15 is 0 Å². The van der Waals surface area contributed by atoms with E-state index in [1.807, 2.05) is 0 Å². The van der Waals surface area contributed by atoms with Crippen molar-refractivity contribution >= 4 is 28.8 Å². The predicted molar refractivity (Wildman–Crippen MR) is 108 cm³/mol. The lowest BCUT2D eigenvalue weighted by Crippen LogP contribution is -2.03. The molecule has 0 unspecified atom stereocenters. The van der Waals surface area contributed by atoms with Crippen LogP contribution in [0.4, 0.5) is 17.1 Å². The largest absolute Gasteiger partial charge is 0.277 e. The molecule has 18 heteroatoms. The lowest BCUT2D eigenvalue weighted by atomic mass is 10.1. The molecule has 0 amide bonds. The highest BCUT2D eigenvalue weighted by atomic mass is 32.2. The number of aromatic nitrogens is 8. The first kappa shape index (κ1) is 21.4. The normalized spacial score (nSPS) is 10.8. The summed E-state index contributed by atoms with van der Waals surface area (Å²) in [4.78, 5) is 32.0. The van der Waals surface area contributed by atoms with Crippen molar-refractivity contribution in [2.45, 2.75) is 11.0 Å². The van der Waals surface area contributed by atoms with Crippen LogP contribution in [0.5, 0.6) is 0 Å². The number of tetrazole rings is 2. The van der Waals surface area contributed by atoms with Crippen LogP contribution >= 0.6 is 11.8 Å². The molecule has 0 saturated heterocycles. The Bertz CT molecular complexity index is 1340. The molecular formula is C15H9N11O6S. The van der Waals surface area contributed by atoms with Crippen molar-refractivity contribution in [2.24, 2.45) is 0 Å². The van der Waals surface area contributed by atoms with Gasteiger partial charge in [0, 0.05) is 29.8 Å². The van der Waals surface area contributed by atoms with Crippen LogP contribution in [0.3, 0.4) is 0 Å². The fourth-order valence-electron chi connectivity index (χ4n) is 2.61. The molecule has 0 spiro atoms. The van der Waals surface area contributed by atoms with E-state index in [1.54, 1.807) is 0 Å². The average molecular weight is 471 g/mol. The number of non-ortho nitro benzene ring substituents is 3. The van der Waals surface area contributed by atoms with Gasteiger partial charge in [0.05, 0.1) is 26.5 Å². The molecule has 33 heavy (non-hydrogen) atoms. The molecule has 0 fully saturated rings. The summed E-state index contributed by atoms with van der Waals surface area (Å²) in [6.45, 7) is 0. The van der Waals surface area contributed by atoms with Crippen LogP contribution in [-0.4, -0.2) is 55.2 Å².